The summed E-state index contributed by atoms with van der Waals surface area (Å²) >= 11 is 0. The minimum atomic E-state index is -0.710. The topological polar surface area (TPSA) is 83.5 Å². The highest BCUT2D eigenvalue weighted by Crippen LogP contribution is 2.22. The highest BCUT2D eigenvalue weighted by atomic mass is 19.1. The molecule has 1 aliphatic rings. The van der Waals surface area contributed by atoms with Crippen LogP contribution in [0.25, 0.3) is 22.6 Å². The molecule has 0 saturated carbocycles. The Balaban J connectivity index is 1.22. The van der Waals surface area contributed by atoms with Gasteiger partial charge in [-0.25, -0.2) is 13.5 Å². The summed E-state index contributed by atoms with van der Waals surface area (Å²) in [5.74, 6) is -0.967. The highest BCUT2D eigenvalue weighted by Gasteiger charge is 2.16. The van der Waals surface area contributed by atoms with Gasteiger partial charge < -0.3 is 19.2 Å². The number of likely N-dealkylation sites (tertiary alicyclic amines) is 1. The first-order valence-electron chi connectivity index (χ1n) is 14.5. The van der Waals surface area contributed by atoms with Gasteiger partial charge in [0.05, 0.1) is 12.2 Å². The van der Waals surface area contributed by atoms with Gasteiger partial charge >= 0.3 is 6.01 Å². The summed E-state index contributed by atoms with van der Waals surface area (Å²) < 4.78 is 34.3. The average molecular weight is 578 g/mol. The van der Waals surface area contributed by atoms with E-state index in [0.717, 1.165) is 49.9 Å². The van der Waals surface area contributed by atoms with E-state index in [1.54, 1.807) is 0 Å². The van der Waals surface area contributed by atoms with Crippen LogP contribution in [0.2, 0.25) is 0 Å². The fourth-order valence-corrected chi connectivity index (χ4v) is 5.22. The van der Waals surface area contributed by atoms with Gasteiger partial charge in [-0.3, -0.25) is 4.79 Å². The highest BCUT2D eigenvalue weighted by molar-refractivity contribution is 5.59. The summed E-state index contributed by atoms with van der Waals surface area (Å²) in [6.45, 7) is 9.32. The summed E-state index contributed by atoms with van der Waals surface area (Å²) in [6.07, 6.45) is 3.81. The van der Waals surface area contributed by atoms with Crippen LogP contribution < -0.4 is 10.5 Å². The lowest BCUT2D eigenvalue weighted by atomic mass is 10.1. The van der Waals surface area contributed by atoms with E-state index in [9.17, 15) is 13.6 Å². The summed E-state index contributed by atoms with van der Waals surface area (Å²) in [6, 6.07) is 13.9. The summed E-state index contributed by atoms with van der Waals surface area (Å²) in [5.41, 5.74) is 1.75. The van der Waals surface area contributed by atoms with E-state index in [2.05, 4.69) is 43.9 Å². The number of hydrogen-bond acceptors (Lipinski definition) is 8. The van der Waals surface area contributed by atoms with Crippen molar-refractivity contribution in [2.75, 3.05) is 57.8 Å². The molecule has 0 bridgehead atoms. The van der Waals surface area contributed by atoms with Gasteiger partial charge in [0, 0.05) is 42.9 Å². The molecule has 0 unspecified atom stereocenters. The Morgan fingerprint density at radius 3 is 2.50 bits per heavy atom. The van der Waals surface area contributed by atoms with E-state index in [1.807, 2.05) is 24.3 Å². The zero-order valence-electron chi connectivity index (χ0n) is 24.2. The molecule has 2 aromatic heterocycles. The fourth-order valence-electron chi connectivity index (χ4n) is 5.22. The van der Waals surface area contributed by atoms with E-state index in [0.29, 0.717) is 17.5 Å². The normalized spacial score (nSPS) is 13.7. The first-order valence-corrected chi connectivity index (χ1v) is 14.5. The van der Waals surface area contributed by atoms with Crippen molar-refractivity contribution in [3.05, 3.63) is 82.1 Å². The molecule has 0 radical (unpaired) electrons. The Labute approximate surface area is 244 Å². The third-order valence-corrected chi connectivity index (χ3v) is 7.57. The van der Waals surface area contributed by atoms with Crippen molar-refractivity contribution in [3.63, 3.8) is 0 Å². The molecule has 9 nitrogen and oxygen atoms in total. The first-order chi connectivity index (χ1) is 20.4. The molecule has 0 amide bonds. The number of benzene rings is 2. The van der Waals surface area contributed by atoms with Crippen molar-refractivity contribution in [1.29, 1.82) is 0 Å². The second-order valence-corrected chi connectivity index (χ2v) is 10.8. The predicted molar refractivity (Wildman–Crippen MR) is 158 cm³/mol. The Hall–Kier alpha value is -3.96. The molecule has 222 valence electrons. The van der Waals surface area contributed by atoms with Gasteiger partial charge in [-0.05, 0) is 89.2 Å². The van der Waals surface area contributed by atoms with Crippen LogP contribution in [0.15, 0.2) is 63.9 Å². The Bertz CT molecular complexity index is 1510. The number of aromatic nitrogens is 4. The van der Waals surface area contributed by atoms with Crippen LogP contribution in [0.1, 0.15) is 31.7 Å². The SMILES string of the molecule is CCN(CCN(C)CCCN1CCCC1)c1nc(-c2cccc(Cn3nc(-c4cc(F)cc(F)c4)ccc3=O)c2)no1. The molecule has 1 fully saturated rings. The third kappa shape index (κ3) is 7.65. The molecular formula is C31H37F2N7O2. The maximum Gasteiger partial charge on any atom is 0.324 e. The monoisotopic (exact) mass is 577 g/mol. The number of halogens is 2. The van der Waals surface area contributed by atoms with Crippen LogP contribution in [0.5, 0.6) is 0 Å². The number of rotatable bonds is 13. The van der Waals surface area contributed by atoms with Gasteiger partial charge in [-0.2, -0.15) is 10.1 Å². The second-order valence-electron chi connectivity index (χ2n) is 10.8. The van der Waals surface area contributed by atoms with Gasteiger partial charge in [-0.1, -0.05) is 23.4 Å². The van der Waals surface area contributed by atoms with Gasteiger partial charge in [0.15, 0.2) is 0 Å². The zero-order chi connectivity index (χ0) is 29.5. The Kier molecular flexibility index (Phi) is 9.70. The Morgan fingerprint density at radius 2 is 1.74 bits per heavy atom. The summed E-state index contributed by atoms with van der Waals surface area (Å²) in [4.78, 5) is 24.1. The molecule has 42 heavy (non-hydrogen) atoms. The molecule has 0 atom stereocenters. The summed E-state index contributed by atoms with van der Waals surface area (Å²) in [7, 11) is 2.15. The molecule has 2 aromatic carbocycles. The molecule has 0 N–H and O–H groups in total. The molecule has 0 aliphatic carbocycles. The minimum Gasteiger partial charge on any atom is -0.323 e. The number of nitrogens with zero attached hydrogens (tertiary/aromatic N) is 7. The van der Waals surface area contributed by atoms with Crippen LogP contribution in [-0.2, 0) is 6.54 Å². The number of anilines is 1. The lowest BCUT2D eigenvalue weighted by molar-refractivity contribution is 0.280. The first kappa shape index (κ1) is 29.5. The van der Waals surface area contributed by atoms with Crippen LogP contribution in [-0.4, -0.2) is 82.6 Å². The van der Waals surface area contributed by atoms with E-state index in [1.165, 1.54) is 61.3 Å². The van der Waals surface area contributed by atoms with Crippen molar-refractivity contribution < 1.29 is 13.3 Å². The third-order valence-electron chi connectivity index (χ3n) is 7.57. The molecule has 3 heterocycles. The fraction of sp³-hybridized carbons (Fsp3) is 0.419. The standard InChI is InChI=1S/C31H37F2N7O2/c1-3-39(17-16-37(2)12-7-15-38-13-4-5-14-38)31-34-30(36-42-31)24-9-6-8-23(18-24)22-40-29(41)11-10-28(35-40)25-19-26(32)21-27(33)20-25/h6,8-11,18-21H,3-5,7,12-17,22H2,1-2H3. The molecule has 1 saturated heterocycles. The number of hydrogen-bond donors (Lipinski definition) is 0. The van der Waals surface area contributed by atoms with Crippen LogP contribution >= 0.6 is 0 Å². The minimum absolute atomic E-state index is 0.161. The van der Waals surface area contributed by atoms with E-state index in [4.69, 9.17) is 4.52 Å². The van der Waals surface area contributed by atoms with Crippen molar-refractivity contribution in [1.82, 2.24) is 29.7 Å². The quantitative estimate of drug-likeness (QED) is 0.229. The zero-order valence-corrected chi connectivity index (χ0v) is 24.2. The van der Waals surface area contributed by atoms with Gasteiger partial charge in [-0.15, -0.1) is 0 Å². The second kappa shape index (κ2) is 13.8. The maximum absolute atomic E-state index is 13.7. The van der Waals surface area contributed by atoms with Crippen LogP contribution in [0.3, 0.4) is 0 Å². The summed E-state index contributed by atoms with van der Waals surface area (Å²) in [5, 5.41) is 8.55. The maximum atomic E-state index is 13.7. The van der Waals surface area contributed by atoms with Crippen molar-refractivity contribution >= 4 is 6.01 Å². The molecular weight excluding hydrogens is 540 g/mol. The van der Waals surface area contributed by atoms with Crippen LogP contribution in [0, 0.1) is 11.6 Å². The van der Waals surface area contributed by atoms with E-state index in [-0.39, 0.29) is 17.7 Å². The average Bonchev–Trinajstić information content (AvgIpc) is 3.67. The predicted octanol–water partition coefficient (Wildman–Crippen LogP) is 4.53. The number of likely N-dealkylation sites (N-methyl/N-ethyl adjacent to an activating group) is 2. The van der Waals surface area contributed by atoms with E-state index >= 15 is 0 Å². The smallest absolute Gasteiger partial charge is 0.323 e. The van der Waals surface area contributed by atoms with Crippen molar-refractivity contribution in [2.45, 2.75) is 32.7 Å². The lowest BCUT2D eigenvalue weighted by Gasteiger charge is -2.23. The molecule has 1 aliphatic heterocycles. The molecule has 11 heteroatoms. The molecule has 4 aromatic rings. The van der Waals surface area contributed by atoms with Gasteiger partial charge in [0.1, 0.15) is 11.6 Å². The molecule has 5 rings (SSSR count). The van der Waals surface area contributed by atoms with Crippen molar-refractivity contribution in [3.8, 4) is 22.6 Å². The molecule has 0 spiro atoms. The van der Waals surface area contributed by atoms with E-state index < -0.39 is 11.6 Å². The van der Waals surface area contributed by atoms with Crippen LogP contribution in [0.4, 0.5) is 14.8 Å². The van der Waals surface area contributed by atoms with Gasteiger partial charge in [0.2, 0.25) is 5.82 Å². The largest absolute Gasteiger partial charge is 0.324 e. The lowest BCUT2D eigenvalue weighted by Crippen LogP contribution is -2.34. The van der Waals surface area contributed by atoms with Gasteiger partial charge in [0.25, 0.3) is 5.56 Å². The Morgan fingerprint density at radius 1 is 0.952 bits per heavy atom. The van der Waals surface area contributed by atoms with Crippen molar-refractivity contribution in [2.24, 2.45) is 0 Å².